The Morgan fingerprint density at radius 2 is 1.00 bits per heavy atom. The molecule has 0 aromatic heterocycles. The fourth-order valence-electron chi connectivity index (χ4n) is 0. The first-order chi connectivity index (χ1) is 3.73. The molecule has 0 amide bonds. The molecule has 0 spiro atoms. The summed E-state index contributed by atoms with van der Waals surface area (Å²) < 4.78 is 1.00. The number of rotatable bonds is 0. The van der Waals surface area contributed by atoms with Crippen molar-refractivity contribution in [3.8, 4) is 0 Å². The van der Waals surface area contributed by atoms with E-state index in [0.29, 0.717) is 0 Å². The van der Waals surface area contributed by atoms with Crippen LogP contribution < -0.4 is 0 Å². The zero-order chi connectivity index (χ0) is 8.08. The summed E-state index contributed by atoms with van der Waals surface area (Å²) in [5.74, 6) is 0.167. The smallest absolute Gasteiger partial charge is 0.126 e. The van der Waals surface area contributed by atoms with Gasteiger partial charge in [0.1, 0.15) is 5.78 Å². The zero-order valence-electron chi connectivity index (χ0n) is 7.36. The zero-order valence-corrected chi connectivity index (χ0v) is 7.36. The highest BCUT2D eigenvalue weighted by molar-refractivity contribution is 5.72. The van der Waals surface area contributed by atoms with Gasteiger partial charge in [0.2, 0.25) is 0 Å². The lowest BCUT2D eigenvalue weighted by Crippen LogP contribution is -2.27. The second-order valence-electron chi connectivity index (χ2n) is 3.59. The largest absolute Gasteiger partial charge is 0.333 e. The lowest BCUT2D eigenvalue weighted by molar-refractivity contribution is -0.849. The molecular formula is C8H22NO+. The minimum Gasteiger partial charge on any atom is -0.333 e. The summed E-state index contributed by atoms with van der Waals surface area (Å²) in [4.78, 5) is 9.44. The van der Waals surface area contributed by atoms with Crippen molar-refractivity contribution < 1.29 is 9.28 Å². The quantitative estimate of drug-likeness (QED) is 0.476. The highest BCUT2D eigenvalue weighted by Gasteiger charge is 1.88. The maximum Gasteiger partial charge on any atom is 0.126 e. The molecule has 0 aromatic rings. The van der Waals surface area contributed by atoms with E-state index in [-0.39, 0.29) is 13.2 Å². The van der Waals surface area contributed by atoms with E-state index in [1.807, 2.05) is 0 Å². The van der Waals surface area contributed by atoms with Gasteiger partial charge in [0.15, 0.2) is 0 Å². The van der Waals surface area contributed by atoms with Crippen molar-refractivity contribution in [1.82, 2.24) is 0 Å². The summed E-state index contributed by atoms with van der Waals surface area (Å²) in [6.45, 7) is 3.06. The molecule has 0 atom stereocenters. The van der Waals surface area contributed by atoms with Gasteiger partial charge in [-0.3, -0.25) is 0 Å². The molecule has 10 heavy (non-hydrogen) atoms. The van der Waals surface area contributed by atoms with Crippen LogP contribution in [0.5, 0.6) is 0 Å². The molecule has 0 unspecified atom stereocenters. The molecule has 0 bridgehead atoms. The average Bonchev–Trinajstić information content (AvgIpc) is 1.19. The van der Waals surface area contributed by atoms with Gasteiger partial charge in [0.05, 0.1) is 28.2 Å². The van der Waals surface area contributed by atoms with Crippen LogP contribution in [-0.2, 0) is 4.79 Å². The molecule has 0 rings (SSSR count). The molecule has 2 heteroatoms. The second-order valence-corrected chi connectivity index (χ2v) is 3.59. The number of Topliss-reactive ketones (excluding diaryl/α,β-unsaturated/α-hetero) is 1. The first-order valence-electron chi connectivity index (χ1n) is 2.99. The fourth-order valence-corrected chi connectivity index (χ4v) is 0. The molecule has 0 N–H and O–H groups in total. The summed E-state index contributed by atoms with van der Waals surface area (Å²) in [7, 11) is 8.50. The van der Waals surface area contributed by atoms with E-state index in [9.17, 15) is 4.79 Å². The normalized spacial score (nSPS) is 8.60. The topological polar surface area (TPSA) is 17.1 Å². The lowest BCUT2D eigenvalue weighted by atomic mass is 10.6. The van der Waals surface area contributed by atoms with Crippen LogP contribution in [0.15, 0.2) is 0 Å². The molecular weight excluding hydrogens is 126 g/mol. The lowest BCUT2D eigenvalue weighted by Gasteiger charge is -2.14. The van der Waals surface area contributed by atoms with Gasteiger partial charge in [-0.2, -0.15) is 0 Å². The number of quaternary nitrogens is 1. The molecule has 0 aromatic carbocycles. The van der Waals surface area contributed by atoms with Gasteiger partial charge in [0.25, 0.3) is 0 Å². The highest BCUT2D eigenvalue weighted by atomic mass is 16.1. The van der Waals surface area contributed by atoms with Gasteiger partial charge in [-0.15, -0.1) is 0 Å². The summed E-state index contributed by atoms with van der Waals surface area (Å²) in [6.07, 6.45) is 0. The van der Waals surface area contributed by atoms with Crippen molar-refractivity contribution in [3.63, 3.8) is 0 Å². The minimum absolute atomic E-state index is 0. The molecule has 0 heterocycles. The Balaban J connectivity index is -0.0000000910. The first kappa shape index (κ1) is 16.3. The Morgan fingerprint density at radius 1 is 1.00 bits per heavy atom. The number of hydrogen-bond donors (Lipinski definition) is 0. The van der Waals surface area contributed by atoms with Crippen LogP contribution in [0.3, 0.4) is 0 Å². The van der Waals surface area contributed by atoms with E-state index in [1.165, 1.54) is 13.8 Å². The third-order valence-corrected chi connectivity index (χ3v) is 0. The van der Waals surface area contributed by atoms with Crippen LogP contribution in [0.1, 0.15) is 21.3 Å². The van der Waals surface area contributed by atoms with Crippen LogP contribution in [0.4, 0.5) is 0 Å². The molecule has 2 nitrogen and oxygen atoms in total. The van der Waals surface area contributed by atoms with E-state index in [1.54, 1.807) is 0 Å². The Labute approximate surface area is 65.4 Å². The van der Waals surface area contributed by atoms with E-state index in [0.717, 1.165) is 4.48 Å². The van der Waals surface area contributed by atoms with Crippen molar-refractivity contribution in [2.75, 3.05) is 28.2 Å². The van der Waals surface area contributed by atoms with Gasteiger partial charge in [-0.05, 0) is 13.8 Å². The van der Waals surface area contributed by atoms with Crippen molar-refractivity contribution >= 4 is 5.78 Å². The van der Waals surface area contributed by atoms with E-state index >= 15 is 0 Å². The Bertz CT molecular complexity index is 71.7. The van der Waals surface area contributed by atoms with Crippen LogP contribution in [-0.4, -0.2) is 38.5 Å². The van der Waals surface area contributed by atoms with Crippen molar-refractivity contribution in [3.05, 3.63) is 0 Å². The second kappa shape index (κ2) is 6.75. The van der Waals surface area contributed by atoms with Gasteiger partial charge < -0.3 is 9.28 Å². The standard InChI is InChI=1S/C4H12N.C3H6O.CH4/c1-5(2,3)4;1-3(2)4;/h1-4H3;1-2H3;1H4/q+1;;. The average molecular weight is 148 g/mol. The Kier molecular flexibility index (Phi) is 11.0. The van der Waals surface area contributed by atoms with Crippen LogP contribution in [0.2, 0.25) is 0 Å². The van der Waals surface area contributed by atoms with Gasteiger partial charge in [-0.1, -0.05) is 7.43 Å². The van der Waals surface area contributed by atoms with Crippen LogP contribution >= 0.6 is 0 Å². The SMILES string of the molecule is C.CC(C)=O.C[N+](C)(C)C. The maximum atomic E-state index is 9.44. The molecule has 0 saturated carbocycles. The number of nitrogens with zero attached hydrogens (tertiary/aromatic N) is 1. The van der Waals surface area contributed by atoms with Crippen molar-refractivity contribution in [2.24, 2.45) is 0 Å². The van der Waals surface area contributed by atoms with Crippen molar-refractivity contribution in [2.45, 2.75) is 21.3 Å². The summed E-state index contributed by atoms with van der Waals surface area (Å²) in [5, 5.41) is 0. The van der Waals surface area contributed by atoms with Crippen LogP contribution in [0, 0.1) is 0 Å². The number of ketones is 1. The molecule has 0 aliphatic heterocycles. The molecule has 0 aliphatic rings. The Hall–Kier alpha value is -0.370. The van der Waals surface area contributed by atoms with Crippen molar-refractivity contribution in [1.29, 1.82) is 0 Å². The molecule has 0 radical (unpaired) electrons. The minimum atomic E-state index is 0. The van der Waals surface area contributed by atoms with Gasteiger partial charge >= 0.3 is 0 Å². The molecule has 0 fully saturated rings. The third kappa shape index (κ3) is 2450. The molecule has 0 saturated heterocycles. The Morgan fingerprint density at radius 3 is 1.00 bits per heavy atom. The first-order valence-corrected chi connectivity index (χ1v) is 2.99. The predicted octanol–water partition coefficient (Wildman–Crippen LogP) is 1.55. The summed E-state index contributed by atoms with van der Waals surface area (Å²) in [5.41, 5.74) is 0. The maximum absolute atomic E-state index is 9.44. The van der Waals surface area contributed by atoms with E-state index in [4.69, 9.17) is 0 Å². The number of carbonyl (C=O) groups is 1. The number of carbonyl (C=O) groups excluding carboxylic acids is 1. The highest BCUT2D eigenvalue weighted by Crippen LogP contribution is 1.73. The molecule has 0 aliphatic carbocycles. The third-order valence-electron chi connectivity index (χ3n) is 0. The van der Waals surface area contributed by atoms with E-state index < -0.39 is 0 Å². The van der Waals surface area contributed by atoms with Crippen LogP contribution in [0.25, 0.3) is 0 Å². The number of hydrogen-bond acceptors (Lipinski definition) is 1. The monoisotopic (exact) mass is 148 g/mol. The van der Waals surface area contributed by atoms with E-state index in [2.05, 4.69) is 28.2 Å². The predicted molar refractivity (Wildman–Crippen MR) is 47.0 cm³/mol. The van der Waals surface area contributed by atoms with Gasteiger partial charge in [0, 0.05) is 0 Å². The summed E-state index contributed by atoms with van der Waals surface area (Å²) >= 11 is 0. The summed E-state index contributed by atoms with van der Waals surface area (Å²) in [6, 6.07) is 0. The molecule has 64 valence electrons. The fraction of sp³-hybridized carbons (Fsp3) is 0.875. The van der Waals surface area contributed by atoms with Gasteiger partial charge in [-0.25, -0.2) is 0 Å².